The van der Waals surface area contributed by atoms with Gasteiger partial charge >= 0.3 is 0 Å². The number of aromatic nitrogens is 1. The maximum Gasteiger partial charge on any atom is 0.250 e. The zero-order chi connectivity index (χ0) is 9.14. The third-order valence-corrected chi connectivity index (χ3v) is 1.86. The number of rotatable bonds is 2. The van der Waals surface area contributed by atoms with Crippen molar-refractivity contribution < 1.29 is 4.79 Å². The average molecular weight is 164 g/mol. The molecule has 0 aliphatic carbocycles. The SMILES string of the molecule is CCc1cc(C(N)=O)cnc1C. The molecule has 0 atom stereocenters. The lowest BCUT2D eigenvalue weighted by atomic mass is 10.1. The summed E-state index contributed by atoms with van der Waals surface area (Å²) >= 11 is 0. The van der Waals surface area contributed by atoms with Gasteiger partial charge < -0.3 is 5.73 Å². The number of hydrogen-bond donors (Lipinski definition) is 1. The molecule has 3 heteroatoms. The number of primary amides is 1. The van der Waals surface area contributed by atoms with Crippen LogP contribution >= 0.6 is 0 Å². The normalized spacial score (nSPS) is 9.83. The van der Waals surface area contributed by atoms with Gasteiger partial charge in [0.05, 0.1) is 5.56 Å². The van der Waals surface area contributed by atoms with Crippen molar-refractivity contribution in [2.24, 2.45) is 5.73 Å². The van der Waals surface area contributed by atoms with E-state index in [9.17, 15) is 4.79 Å². The topological polar surface area (TPSA) is 56.0 Å². The Labute approximate surface area is 71.6 Å². The van der Waals surface area contributed by atoms with Crippen molar-refractivity contribution in [1.29, 1.82) is 0 Å². The molecular formula is C9H12N2O. The van der Waals surface area contributed by atoms with Crippen LogP contribution < -0.4 is 5.73 Å². The molecule has 0 radical (unpaired) electrons. The minimum Gasteiger partial charge on any atom is -0.366 e. The second-order valence-electron chi connectivity index (χ2n) is 2.69. The molecular weight excluding hydrogens is 152 g/mol. The molecule has 3 nitrogen and oxygen atoms in total. The third kappa shape index (κ3) is 1.61. The van der Waals surface area contributed by atoms with Crippen LogP contribution in [-0.2, 0) is 6.42 Å². The van der Waals surface area contributed by atoms with Crippen LogP contribution in [0.5, 0.6) is 0 Å². The number of nitrogens with two attached hydrogens (primary N) is 1. The lowest BCUT2D eigenvalue weighted by molar-refractivity contribution is 0.1000. The largest absolute Gasteiger partial charge is 0.366 e. The number of amides is 1. The van der Waals surface area contributed by atoms with Crippen LogP contribution in [0.15, 0.2) is 12.3 Å². The van der Waals surface area contributed by atoms with Gasteiger partial charge in [0.15, 0.2) is 0 Å². The molecule has 0 spiro atoms. The predicted octanol–water partition coefficient (Wildman–Crippen LogP) is 1.05. The Bertz CT molecular complexity index is 307. The Balaban J connectivity index is 3.13. The summed E-state index contributed by atoms with van der Waals surface area (Å²) in [5, 5.41) is 0. The third-order valence-electron chi connectivity index (χ3n) is 1.86. The first-order valence-corrected chi connectivity index (χ1v) is 3.90. The van der Waals surface area contributed by atoms with Gasteiger partial charge in [-0.1, -0.05) is 6.92 Å². The van der Waals surface area contributed by atoms with E-state index in [4.69, 9.17) is 5.73 Å². The zero-order valence-corrected chi connectivity index (χ0v) is 7.29. The number of hydrogen-bond acceptors (Lipinski definition) is 2. The monoisotopic (exact) mass is 164 g/mol. The van der Waals surface area contributed by atoms with Crippen LogP contribution in [0.1, 0.15) is 28.5 Å². The van der Waals surface area contributed by atoms with Gasteiger partial charge in [-0.3, -0.25) is 9.78 Å². The fourth-order valence-corrected chi connectivity index (χ4v) is 1.07. The summed E-state index contributed by atoms with van der Waals surface area (Å²) in [5.41, 5.74) is 7.63. The number of aryl methyl sites for hydroxylation is 2. The van der Waals surface area contributed by atoms with E-state index in [1.54, 1.807) is 6.07 Å². The van der Waals surface area contributed by atoms with Crippen LogP contribution in [0.25, 0.3) is 0 Å². The molecule has 0 fully saturated rings. The van der Waals surface area contributed by atoms with E-state index in [-0.39, 0.29) is 0 Å². The molecule has 0 aromatic carbocycles. The van der Waals surface area contributed by atoms with Gasteiger partial charge in [0.2, 0.25) is 5.91 Å². The maximum absolute atomic E-state index is 10.8. The molecule has 1 aromatic rings. The van der Waals surface area contributed by atoms with Crippen LogP contribution in [-0.4, -0.2) is 10.9 Å². The molecule has 1 amide bonds. The fourth-order valence-electron chi connectivity index (χ4n) is 1.07. The van der Waals surface area contributed by atoms with Gasteiger partial charge in [-0.05, 0) is 25.0 Å². The van der Waals surface area contributed by atoms with Crippen molar-refractivity contribution in [3.63, 3.8) is 0 Å². The van der Waals surface area contributed by atoms with E-state index in [2.05, 4.69) is 4.98 Å². The van der Waals surface area contributed by atoms with Crippen molar-refractivity contribution >= 4 is 5.91 Å². The number of carbonyl (C=O) groups is 1. The minimum absolute atomic E-state index is 0.419. The van der Waals surface area contributed by atoms with E-state index in [0.717, 1.165) is 17.7 Å². The van der Waals surface area contributed by atoms with Gasteiger partial charge in [-0.15, -0.1) is 0 Å². The van der Waals surface area contributed by atoms with E-state index in [0.29, 0.717) is 5.56 Å². The van der Waals surface area contributed by atoms with Gasteiger partial charge in [0.1, 0.15) is 0 Å². The standard InChI is InChI=1S/C9H12N2O/c1-3-7-4-8(9(10)12)5-11-6(7)2/h4-5H,3H2,1-2H3,(H2,10,12). The minimum atomic E-state index is -0.419. The van der Waals surface area contributed by atoms with Crippen molar-refractivity contribution in [3.05, 3.63) is 29.1 Å². The second-order valence-corrected chi connectivity index (χ2v) is 2.69. The number of pyridine rings is 1. The van der Waals surface area contributed by atoms with Crippen LogP contribution in [0, 0.1) is 6.92 Å². The van der Waals surface area contributed by atoms with E-state index < -0.39 is 5.91 Å². The molecule has 1 heterocycles. The van der Waals surface area contributed by atoms with Crippen molar-refractivity contribution in [3.8, 4) is 0 Å². The first-order valence-electron chi connectivity index (χ1n) is 3.90. The molecule has 64 valence electrons. The van der Waals surface area contributed by atoms with Crippen molar-refractivity contribution in [2.75, 3.05) is 0 Å². The Morgan fingerprint density at radius 3 is 2.83 bits per heavy atom. The van der Waals surface area contributed by atoms with E-state index in [1.807, 2.05) is 13.8 Å². The van der Waals surface area contributed by atoms with Gasteiger partial charge in [-0.25, -0.2) is 0 Å². The maximum atomic E-state index is 10.8. The molecule has 0 unspecified atom stereocenters. The first kappa shape index (κ1) is 8.71. The highest BCUT2D eigenvalue weighted by atomic mass is 16.1. The summed E-state index contributed by atoms with van der Waals surface area (Å²) in [6.07, 6.45) is 2.39. The molecule has 0 saturated carbocycles. The van der Waals surface area contributed by atoms with Crippen molar-refractivity contribution in [1.82, 2.24) is 4.98 Å². The summed E-state index contributed by atoms with van der Waals surface area (Å²) in [6.45, 7) is 3.94. The average Bonchev–Trinajstić information content (AvgIpc) is 2.05. The summed E-state index contributed by atoms with van der Waals surface area (Å²) in [6, 6.07) is 1.80. The smallest absolute Gasteiger partial charge is 0.250 e. The Hall–Kier alpha value is -1.38. The fraction of sp³-hybridized carbons (Fsp3) is 0.333. The predicted molar refractivity (Wildman–Crippen MR) is 46.9 cm³/mol. The zero-order valence-electron chi connectivity index (χ0n) is 7.29. The van der Waals surface area contributed by atoms with Crippen molar-refractivity contribution in [2.45, 2.75) is 20.3 Å². The molecule has 0 aliphatic rings. The van der Waals surface area contributed by atoms with E-state index in [1.165, 1.54) is 6.20 Å². The number of carbonyl (C=O) groups excluding carboxylic acids is 1. The van der Waals surface area contributed by atoms with Crippen LogP contribution in [0.2, 0.25) is 0 Å². The van der Waals surface area contributed by atoms with E-state index >= 15 is 0 Å². The summed E-state index contributed by atoms with van der Waals surface area (Å²) in [5.74, 6) is -0.419. The molecule has 1 aromatic heterocycles. The van der Waals surface area contributed by atoms with Gasteiger partial charge in [0, 0.05) is 11.9 Å². The lowest BCUT2D eigenvalue weighted by Crippen LogP contribution is -2.12. The highest BCUT2D eigenvalue weighted by Gasteiger charge is 2.03. The Morgan fingerprint density at radius 2 is 2.33 bits per heavy atom. The molecule has 1 rings (SSSR count). The molecule has 0 saturated heterocycles. The molecule has 12 heavy (non-hydrogen) atoms. The number of nitrogens with zero attached hydrogens (tertiary/aromatic N) is 1. The molecule has 2 N–H and O–H groups in total. The summed E-state index contributed by atoms with van der Waals surface area (Å²) in [7, 11) is 0. The highest BCUT2D eigenvalue weighted by Crippen LogP contribution is 2.07. The van der Waals surface area contributed by atoms with Crippen LogP contribution in [0.4, 0.5) is 0 Å². The Morgan fingerprint density at radius 1 is 1.67 bits per heavy atom. The van der Waals surface area contributed by atoms with Gasteiger partial charge in [0.25, 0.3) is 0 Å². The molecule has 0 aliphatic heterocycles. The quantitative estimate of drug-likeness (QED) is 0.710. The lowest BCUT2D eigenvalue weighted by Gasteiger charge is -2.02. The van der Waals surface area contributed by atoms with Gasteiger partial charge in [-0.2, -0.15) is 0 Å². The first-order chi connectivity index (χ1) is 5.65. The molecule has 0 bridgehead atoms. The summed E-state index contributed by atoms with van der Waals surface area (Å²) < 4.78 is 0. The second kappa shape index (κ2) is 3.34. The summed E-state index contributed by atoms with van der Waals surface area (Å²) in [4.78, 5) is 14.8. The Kier molecular flexibility index (Phi) is 2.43. The highest BCUT2D eigenvalue weighted by molar-refractivity contribution is 5.92. The van der Waals surface area contributed by atoms with Crippen LogP contribution in [0.3, 0.4) is 0 Å².